The van der Waals surface area contributed by atoms with Crippen LogP contribution in [0.25, 0.3) is 11.3 Å². The maximum Gasteiger partial charge on any atom is 0.258 e. The van der Waals surface area contributed by atoms with Crippen LogP contribution in [0, 0.1) is 5.92 Å². The minimum Gasteiger partial charge on any atom is -0.380 e. The number of carbonyl (C=O) groups is 2. The third-order valence-corrected chi connectivity index (χ3v) is 7.97. The zero-order valence-corrected chi connectivity index (χ0v) is 21.0. The number of anilines is 1. The maximum atomic E-state index is 13.4. The molecule has 3 N–H and O–H groups in total. The van der Waals surface area contributed by atoms with Gasteiger partial charge < -0.3 is 20.9 Å². The highest BCUT2D eigenvalue weighted by Gasteiger charge is 2.36. The lowest BCUT2D eigenvalue weighted by Gasteiger charge is -2.45. The summed E-state index contributed by atoms with van der Waals surface area (Å²) >= 11 is 0. The van der Waals surface area contributed by atoms with E-state index in [1.165, 1.54) is 12.8 Å². The number of carbonyl (C=O) groups excluding carboxylic acids is 2. The van der Waals surface area contributed by atoms with Gasteiger partial charge in [-0.05, 0) is 68.1 Å². The van der Waals surface area contributed by atoms with Crippen LogP contribution in [-0.4, -0.2) is 42.4 Å². The van der Waals surface area contributed by atoms with Crippen molar-refractivity contribution in [3.05, 3.63) is 101 Å². The molecule has 0 aromatic heterocycles. The number of hydrogen-bond acceptors (Lipinski definition) is 4. The SMILES string of the molecule is C[C@@H](NC(=O)c1ccc2c(c1)C(=C(N[C@@H]1CN3CCC1CC3)c1ccccc1)C(=O)N2)c1ccccc1. The largest absolute Gasteiger partial charge is 0.380 e. The Kier molecular flexibility index (Phi) is 6.26. The monoisotopic (exact) mass is 492 g/mol. The molecule has 4 aliphatic rings. The molecule has 4 heterocycles. The molecular formula is C31H32N4O2. The average molecular weight is 493 g/mol. The highest BCUT2D eigenvalue weighted by molar-refractivity contribution is 6.36. The average Bonchev–Trinajstić information content (AvgIpc) is 3.28. The first-order chi connectivity index (χ1) is 18.1. The number of nitrogens with zero attached hydrogens (tertiary/aromatic N) is 1. The molecule has 3 aromatic rings. The number of nitrogens with one attached hydrogen (secondary N) is 3. The smallest absolute Gasteiger partial charge is 0.258 e. The number of amides is 2. The van der Waals surface area contributed by atoms with Crippen LogP contribution in [-0.2, 0) is 4.79 Å². The van der Waals surface area contributed by atoms with E-state index >= 15 is 0 Å². The fourth-order valence-electron chi connectivity index (χ4n) is 5.88. The standard InChI is InChI=1S/C31H32N4O2/c1-20(21-8-4-2-5-9-21)32-30(36)24-12-13-26-25(18-24)28(31(37)34-26)29(23-10-6-3-7-11-23)33-27-19-35-16-14-22(27)15-17-35/h2-13,18,20,22,27,33H,14-17,19H2,1H3,(H,32,36)(H,34,37)/t20-,27-/m1/s1. The van der Waals surface area contributed by atoms with Gasteiger partial charge in [-0.3, -0.25) is 9.59 Å². The van der Waals surface area contributed by atoms with Crippen LogP contribution < -0.4 is 16.0 Å². The molecule has 0 aliphatic carbocycles. The second-order valence-electron chi connectivity index (χ2n) is 10.3. The fourth-order valence-corrected chi connectivity index (χ4v) is 5.88. The number of hydrogen-bond donors (Lipinski definition) is 3. The topological polar surface area (TPSA) is 73.5 Å². The number of rotatable bonds is 6. The second-order valence-corrected chi connectivity index (χ2v) is 10.3. The fraction of sp³-hybridized carbons (Fsp3) is 0.290. The molecule has 3 saturated heterocycles. The molecule has 0 spiro atoms. The van der Waals surface area contributed by atoms with Crippen molar-refractivity contribution in [3.8, 4) is 0 Å². The number of piperidine rings is 3. The molecule has 37 heavy (non-hydrogen) atoms. The Morgan fingerprint density at radius 2 is 1.65 bits per heavy atom. The molecule has 188 valence electrons. The molecule has 0 saturated carbocycles. The third kappa shape index (κ3) is 4.65. The third-order valence-electron chi connectivity index (χ3n) is 7.97. The van der Waals surface area contributed by atoms with E-state index in [0.29, 0.717) is 23.1 Å². The van der Waals surface area contributed by atoms with E-state index in [-0.39, 0.29) is 17.9 Å². The molecule has 2 amide bonds. The van der Waals surface area contributed by atoms with Gasteiger partial charge in [0.25, 0.3) is 11.8 Å². The highest BCUT2D eigenvalue weighted by atomic mass is 16.2. The van der Waals surface area contributed by atoms with Crippen molar-refractivity contribution in [2.75, 3.05) is 25.0 Å². The zero-order valence-electron chi connectivity index (χ0n) is 21.0. The Balaban J connectivity index is 1.36. The van der Waals surface area contributed by atoms with Crippen LogP contribution in [0.5, 0.6) is 0 Å². The lowest BCUT2D eigenvalue weighted by Crippen LogP contribution is -2.55. The summed E-state index contributed by atoms with van der Waals surface area (Å²) in [5, 5.41) is 9.91. The van der Waals surface area contributed by atoms with Crippen molar-refractivity contribution < 1.29 is 9.59 Å². The van der Waals surface area contributed by atoms with Crippen LogP contribution in [0.15, 0.2) is 78.9 Å². The van der Waals surface area contributed by atoms with Gasteiger partial charge in [0, 0.05) is 29.4 Å². The first-order valence-electron chi connectivity index (χ1n) is 13.2. The Labute approximate surface area is 217 Å². The van der Waals surface area contributed by atoms with Gasteiger partial charge in [0.15, 0.2) is 0 Å². The molecule has 6 heteroatoms. The summed E-state index contributed by atoms with van der Waals surface area (Å²) in [5.74, 6) is 0.298. The van der Waals surface area contributed by atoms with E-state index in [1.807, 2.05) is 79.7 Å². The van der Waals surface area contributed by atoms with Gasteiger partial charge in [0.05, 0.1) is 17.3 Å². The molecule has 6 nitrogen and oxygen atoms in total. The van der Waals surface area contributed by atoms with Gasteiger partial charge in [0.2, 0.25) is 0 Å². The summed E-state index contributed by atoms with van der Waals surface area (Å²) in [6, 6.07) is 25.6. The summed E-state index contributed by atoms with van der Waals surface area (Å²) < 4.78 is 0. The highest BCUT2D eigenvalue weighted by Crippen LogP contribution is 2.38. The Morgan fingerprint density at radius 1 is 0.946 bits per heavy atom. The Morgan fingerprint density at radius 3 is 2.32 bits per heavy atom. The molecule has 4 aliphatic heterocycles. The van der Waals surface area contributed by atoms with Gasteiger partial charge in [-0.15, -0.1) is 0 Å². The van der Waals surface area contributed by atoms with E-state index in [0.717, 1.165) is 47.7 Å². The van der Waals surface area contributed by atoms with Gasteiger partial charge in [-0.2, -0.15) is 0 Å². The second kappa shape index (κ2) is 9.87. The summed E-state index contributed by atoms with van der Waals surface area (Å²) in [7, 11) is 0. The van der Waals surface area contributed by atoms with Crippen molar-refractivity contribution in [3.63, 3.8) is 0 Å². The van der Waals surface area contributed by atoms with E-state index in [1.54, 1.807) is 6.07 Å². The Hall–Kier alpha value is -3.90. The van der Waals surface area contributed by atoms with Crippen molar-refractivity contribution in [1.29, 1.82) is 0 Å². The van der Waals surface area contributed by atoms with E-state index in [4.69, 9.17) is 0 Å². The van der Waals surface area contributed by atoms with Gasteiger partial charge in [0.1, 0.15) is 0 Å². The predicted octanol–water partition coefficient (Wildman–Crippen LogP) is 4.68. The lowest BCUT2D eigenvalue weighted by molar-refractivity contribution is -0.110. The molecule has 2 bridgehead atoms. The first-order valence-corrected chi connectivity index (χ1v) is 13.2. The summed E-state index contributed by atoms with van der Waals surface area (Å²) in [5.41, 5.74) is 5.49. The van der Waals surface area contributed by atoms with Crippen LogP contribution in [0.2, 0.25) is 0 Å². The van der Waals surface area contributed by atoms with Crippen molar-refractivity contribution in [1.82, 2.24) is 15.5 Å². The molecular weight excluding hydrogens is 460 g/mol. The minimum absolute atomic E-state index is 0.130. The maximum absolute atomic E-state index is 13.4. The van der Waals surface area contributed by atoms with Crippen molar-refractivity contribution in [2.24, 2.45) is 5.92 Å². The van der Waals surface area contributed by atoms with Gasteiger partial charge in [-0.25, -0.2) is 0 Å². The molecule has 0 radical (unpaired) electrons. The summed E-state index contributed by atoms with van der Waals surface area (Å²) in [4.78, 5) is 29.1. The molecule has 3 aromatic carbocycles. The summed E-state index contributed by atoms with van der Waals surface area (Å²) in [6.07, 6.45) is 2.36. The number of benzene rings is 3. The molecule has 3 fully saturated rings. The molecule has 0 unspecified atom stereocenters. The minimum atomic E-state index is -0.163. The lowest BCUT2D eigenvalue weighted by atomic mass is 9.83. The van der Waals surface area contributed by atoms with Crippen LogP contribution in [0.4, 0.5) is 5.69 Å². The summed E-state index contributed by atoms with van der Waals surface area (Å²) in [6.45, 7) is 5.28. The predicted molar refractivity (Wildman–Crippen MR) is 147 cm³/mol. The van der Waals surface area contributed by atoms with Gasteiger partial charge in [-0.1, -0.05) is 60.7 Å². The van der Waals surface area contributed by atoms with E-state index < -0.39 is 0 Å². The van der Waals surface area contributed by atoms with E-state index in [9.17, 15) is 9.59 Å². The van der Waals surface area contributed by atoms with Crippen molar-refractivity contribution in [2.45, 2.75) is 31.8 Å². The van der Waals surface area contributed by atoms with Crippen molar-refractivity contribution >= 4 is 28.8 Å². The zero-order chi connectivity index (χ0) is 25.4. The normalized spacial score (nSPS) is 24.1. The Bertz CT molecular complexity index is 1340. The van der Waals surface area contributed by atoms with E-state index in [2.05, 4.69) is 20.9 Å². The number of fused-ring (bicyclic) bond motifs is 4. The first kappa shape index (κ1) is 23.5. The van der Waals surface area contributed by atoms with Gasteiger partial charge >= 0.3 is 0 Å². The molecule has 2 atom stereocenters. The quantitative estimate of drug-likeness (QED) is 0.437. The molecule has 7 rings (SSSR count). The van der Waals surface area contributed by atoms with Crippen LogP contribution in [0.3, 0.4) is 0 Å². The van der Waals surface area contributed by atoms with Crippen LogP contribution in [0.1, 0.15) is 52.9 Å². The van der Waals surface area contributed by atoms with Crippen LogP contribution >= 0.6 is 0 Å².